The molecule has 2 aliphatic rings. The third-order valence-corrected chi connectivity index (χ3v) is 7.43. The van der Waals surface area contributed by atoms with Gasteiger partial charge in [0.1, 0.15) is 6.07 Å². The fourth-order valence-electron chi connectivity index (χ4n) is 4.26. The van der Waals surface area contributed by atoms with E-state index in [9.17, 15) is 26.9 Å². The Morgan fingerprint density at radius 2 is 1.72 bits per heavy atom. The van der Waals surface area contributed by atoms with Crippen LogP contribution in [0.25, 0.3) is 11.1 Å². The zero-order valence-corrected chi connectivity index (χ0v) is 18.1. The molecule has 1 aliphatic heterocycles. The van der Waals surface area contributed by atoms with Crippen molar-refractivity contribution in [2.45, 2.75) is 54.8 Å². The number of nitriles is 1. The first-order valence-corrected chi connectivity index (χ1v) is 11.7. The quantitative estimate of drug-likeness (QED) is 0.656. The highest BCUT2D eigenvalue weighted by molar-refractivity contribution is 7.92. The fraction of sp³-hybridized carbons (Fsp3) is 0.455. The summed E-state index contributed by atoms with van der Waals surface area (Å²) >= 11 is 0. The van der Waals surface area contributed by atoms with Gasteiger partial charge in [0.25, 0.3) is 9.84 Å². The van der Waals surface area contributed by atoms with Crippen LogP contribution in [-0.2, 0) is 19.3 Å². The van der Waals surface area contributed by atoms with Crippen molar-refractivity contribution in [3.05, 3.63) is 47.2 Å². The summed E-state index contributed by atoms with van der Waals surface area (Å²) in [5, 5.41) is 8.39. The normalized spacial score (nSPS) is 19.2. The third-order valence-electron chi connectivity index (χ3n) is 6.02. The molecule has 0 unspecified atom stereocenters. The molecule has 32 heavy (non-hydrogen) atoms. The van der Waals surface area contributed by atoms with E-state index < -0.39 is 31.7 Å². The van der Waals surface area contributed by atoms with Crippen molar-refractivity contribution in [2.24, 2.45) is 0 Å². The zero-order chi connectivity index (χ0) is 23.1. The predicted octanol–water partition coefficient (Wildman–Crippen LogP) is 4.62. The van der Waals surface area contributed by atoms with E-state index in [2.05, 4.69) is 4.98 Å². The summed E-state index contributed by atoms with van der Waals surface area (Å²) in [5.41, 5.74) is -4.48. The summed E-state index contributed by atoms with van der Waals surface area (Å²) in [4.78, 5) is 3.91. The molecule has 1 spiro atoms. The molecule has 1 aromatic carbocycles. The highest BCUT2D eigenvalue weighted by Gasteiger charge is 2.50. The molecule has 170 valence electrons. The van der Waals surface area contributed by atoms with E-state index in [1.54, 1.807) is 30.3 Å². The topological polar surface area (TPSA) is 89.3 Å². The average molecular weight is 466 g/mol. The number of aromatic nitrogens is 1. The molecule has 0 amide bonds. The molecule has 2 fully saturated rings. The van der Waals surface area contributed by atoms with Gasteiger partial charge in [-0.05, 0) is 31.4 Å². The van der Waals surface area contributed by atoms with Crippen LogP contribution in [0.4, 0.5) is 13.2 Å². The SMILES string of the molecule is Cc1ccc(-c2cc(C3CCC4(CC3)OCCO4)nc(S(=O)(=O)C(F)(F)F)c2C#N)cc1. The molecule has 0 atom stereocenters. The smallest absolute Gasteiger partial charge is 0.348 e. The van der Waals surface area contributed by atoms with Gasteiger partial charge < -0.3 is 9.47 Å². The van der Waals surface area contributed by atoms with Gasteiger partial charge in [-0.1, -0.05) is 29.8 Å². The number of ether oxygens (including phenoxy) is 2. The second kappa shape index (κ2) is 8.14. The zero-order valence-electron chi connectivity index (χ0n) is 17.3. The van der Waals surface area contributed by atoms with Crippen molar-refractivity contribution in [3.63, 3.8) is 0 Å². The number of sulfone groups is 1. The second-order valence-corrected chi connectivity index (χ2v) is 9.94. The van der Waals surface area contributed by atoms with Crippen LogP contribution in [0, 0.1) is 18.3 Å². The molecule has 0 N–H and O–H groups in total. The van der Waals surface area contributed by atoms with Gasteiger partial charge in [-0.15, -0.1) is 0 Å². The lowest BCUT2D eigenvalue weighted by Gasteiger charge is -2.35. The summed E-state index contributed by atoms with van der Waals surface area (Å²) in [5.74, 6) is -0.962. The Hall–Kier alpha value is -2.48. The monoisotopic (exact) mass is 466 g/mol. The van der Waals surface area contributed by atoms with Gasteiger partial charge in [-0.2, -0.15) is 18.4 Å². The number of pyridine rings is 1. The van der Waals surface area contributed by atoms with Crippen LogP contribution in [0.15, 0.2) is 35.4 Å². The highest BCUT2D eigenvalue weighted by Crippen LogP contribution is 2.44. The van der Waals surface area contributed by atoms with Gasteiger partial charge in [-0.3, -0.25) is 0 Å². The fourth-order valence-corrected chi connectivity index (χ4v) is 5.13. The molecule has 1 aromatic heterocycles. The van der Waals surface area contributed by atoms with Crippen molar-refractivity contribution >= 4 is 9.84 Å². The number of hydrogen-bond acceptors (Lipinski definition) is 6. The van der Waals surface area contributed by atoms with Crippen LogP contribution in [0.5, 0.6) is 0 Å². The number of nitrogens with zero attached hydrogens (tertiary/aromatic N) is 2. The van der Waals surface area contributed by atoms with Gasteiger partial charge in [0.2, 0.25) is 0 Å². The number of benzene rings is 1. The van der Waals surface area contributed by atoms with Gasteiger partial charge in [0.15, 0.2) is 10.8 Å². The van der Waals surface area contributed by atoms with Crippen LogP contribution in [-0.4, -0.2) is 37.9 Å². The first kappa shape index (κ1) is 22.7. The summed E-state index contributed by atoms with van der Waals surface area (Å²) < 4.78 is 76.3. The maximum absolute atomic E-state index is 13.4. The molecular formula is C22H21F3N2O4S. The second-order valence-electron chi connectivity index (χ2n) is 8.08. The van der Waals surface area contributed by atoms with Crippen LogP contribution < -0.4 is 0 Å². The Balaban J connectivity index is 1.84. The first-order valence-electron chi connectivity index (χ1n) is 10.2. The number of halogens is 3. The molecule has 0 radical (unpaired) electrons. The Morgan fingerprint density at radius 1 is 1.12 bits per heavy atom. The number of aryl methyl sites for hydroxylation is 1. The lowest BCUT2D eigenvalue weighted by Crippen LogP contribution is -2.35. The van der Waals surface area contributed by atoms with E-state index in [1.165, 1.54) is 6.07 Å². The molecule has 1 aliphatic carbocycles. The molecule has 4 rings (SSSR count). The molecule has 1 saturated heterocycles. The van der Waals surface area contributed by atoms with Gasteiger partial charge in [0, 0.05) is 30.0 Å². The van der Waals surface area contributed by atoms with Crippen molar-refractivity contribution in [1.82, 2.24) is 4.98 Å². The minimum absolute atomic E-state index is 0.119. The largest absolute Gasteiger partial charge is 0.503 e. The molecule has 2 aromatic rings. The standard InChI is InChI=1S/C22H21F3N2O4S/c1-14-2-4-15(5-3-14)17-12-19(16-6-8-21(9-7-16)30-10-11-31-21)27-20(18(17)13-26)32(28,29)22(23,24)25/h2-5,12,16H,6-11H2,1H3. The average Bonchev–Trinajstić information content (AvgIpc) is 3.21. The lowest BCUT2D eigenvalue weighted by atomic mass is 9.82. The summed E-state index contributed by atoms with van der Waals surface area (Å²) in [6.45, 7) is 2.83. The minimum atomic E-state index is -5.82. The van der Waals surface area contributed by atoms with E-state index in [0.717, 1.165) is 5.56 Å². The van der Waals surface area contributed by atoms with E-state index in [4.69, 9.17) is 9.47 Å². The van der Waals surface area contributed by atoms with Crippen molar-refractivity contribution < 1.29 is 31.1 Å². The van der Waals surface area contributed by atoms with E-state index >= 15 is 0 Å². The van der Waals surface area contributed by atoms with Crippen molar-refractivity contribution in [1.29, 1.82) is 5.26 Å². The van der Waals surface area contributed by atoms with Gasteiger partial charge >= 0.3 is 5.51 Å². The van der Waals surface area contributed by atoms with Gasteiger partial charge in [0.05, 0.1) is 18.8 Å². The van der Waals surface area contributed by atoms with Crippen LogP contribution in [0.2, 0.25) is 0 Å². The van der Waals surface area contributed by atoms with Crippen molar-refractivity contribution in [2.75, 3.05) is 13.2 Å². The maximum Gasteiger partial charge on any atom is 0.503 e. The van der Waals surface area contributed by atoms with Crippen LogP contribution >= 0.6 is 0 Å². The predicted molar refractivity (Wildman–Crippen MR) is 108 cm³/mol. The summed E-state index contributed by atoms with van der Waals surface area (Å²) in [7, 11) is -5.82. The third kappa shape index (κ3) is 4.00. The molecule has 6 nitrogen and oxygen atoms in total. The maximum atomic E-state index is 13.4. The Bertz CT molecular complexity index is 1160. The summed E-state index contributed by atoms with van der Waals surface area (Å²) in [6, 6.07) is 9.97. The molecule has 1 saturated carbocycles. The Kier molecular flexibility index (Phi) is 5.77. The number of rotatable bonds is 3. The number of alkyl halides is 3. The Labute approximate surface area is 183 Å². The van der Waals surface area contributed by atoms with Gasteiger partial charge in [-0.25, -0.2) is 13.4 Å². The highest BCUT2D eigenvalue weighted by atomic mass is 32.2. The first-order chi connectivity index (χ1) is 15.1. The van der Waals surface area contributed by atoms with Crippen LogP contribution in [0.3, 0.4) is 0 Å². The van der Waals surface area contributed by atoms with E-state index in [0.29, 0.717) is 44.5 Å². The molecule has 0 bridgehead atoms. The van der Waals surface area contributed by atoms with E-state index in [-0.39, 0.29) is 17.2 Å². The molecule has 2 heterocycles. The Morgan fingerprint density at radius 3 is 2.25 bits per heavy atom. The lowest BCUT2D eigenvalue weighted by molar-refractivity contribution is -0.178. The molecular weight excluding hydrogens is 445 g/mol. The van der Waals surface area contributed by atoms with E-state index in [1.807, 2.05) is 6.92 Å². The molecule has 10 heteroatoms. The van der Waals surface area contributed by atoms with Crippen molar-refractivity contribution in [3.8, 4) is 17.2 Å². The van der Waals surface area contributed by atoms with Crippen LogP contribution in [0.1, 0.15) is 48.4 Å². The number of hydrogen-bond donors (Lipinski definition) is 0. The minimum Gasteiger partial charge on any atom is -0.348 e. The summed E-state index contributed by atoms with van der Waals surface area (Å²) in [6.07, 6.45) is 2.08.